The van der Waals surface area contributed by atoms with Gasteiger partial charge in [0.2, 0.25) is 0 Å². The minimum atomic E-state index is 0.110. The van der Waals surface area contributed by atoms with Crippen LogP contribution < -0.4 is 5.32 Å². The Morgan fingerprint density at radius 2 is 2.20 bits per heavy atom. The van der Waals surface area contributed by atoms with Gasteiger partial charge in [0, 0.05) is 26.3 Å². The van der Waals surface area contributed by atoms with E-state index in [9.17, 15) is 4.79 Å². The van der Waals surface area contributed by atoms with Crippen LogP contribution in [0, 0.1) is 0 Å². The largest absolute Gasteiger partial charge is 0.386 e. The predicted molar refractivity (Wildman–Crippen MR) is 58.9 cm³/mol. The van der Waals surface area contributed by atoms with E-state index in [2.05, 4.69) is 10.3 Å². The van der Waals surface area contributed by atoms with E-state index in [0.29, 0.717) is 0 Å². The SMILES string of the molecule is CNc1cnccc1C(=O)N1CCCC1. The standard InChI is InChI=1S/C11H15N3O/c1-12-10-8-13-5-4-9(10)11(15)14-6-2-3-7-14/h4-5,8,12H,2-3,6-7H2,1H3. The van der Waals surface area contributed by atoms with Crippen molar-refractivity contribution in [1.82, 2.24) is 9.88 Å². The van der Waals surface area contributed by atoms with Crippen LogP contribution in [0.1, 0.15) is 23.2 Å². The molecule has 1 aliphatic heterocycles. The normalized spacial score (nSPS) is 15.4. The topological polar surface area (TPSA) is 45.2 Å². The van der Waals surface area contributed by atoms with Gasteiger partial charge in [0.25, 0.3) is 5.91 Å². The number of carbonyl (C=O) groups excluding carboxylic acids is 1. The number of rotatable bonds is 2. The average molecular weight is 205 g/mol. The number of anilines is 1. The second-order valence-electron chi connectivity index (χ2n) is 3.67. The van der Waals surface area contributed by atoms with Crippen LogP contribution in [0.4, 0.5) is 5.69 Å². The van der Waals surface area contributed by atoms with Crippen LogP contribution in [0.2, 0.25) is 0 Å². The lowest BCUT2D eigenvalue weighted by atomic mass is 10.2. The van der Waals surface area contributed by atoms with Crippen molar-refractivity contribution in [2.24, 2.45) is 0 Å². The second-order valence-corrected chi connectivity index (χ2v) is 3.67. The van der Waals surface area contributed by atoms with Crippen LogP contribution in [0.15, 0.2) is 18.5 Å². The quantitative estimate of drug-likeness (QED) is 0.793. The van der Waals surface area contributed by atoms with Crippen molar-refractivity contribution < 1.29 is 4.79 Å². The lowest BCUT2D eigenvalue weighted by Gasteiger charge is -2.16. The summed E-state index contributed by atoms with van der Waals surface area (Å²) >= 11 is 0. The Hall–Kier alpha value is -1.58. The molecule has 4 heteroatoms. The van der Waals surface area contributed by atoms with Gasteiger partial charge < -0.3 is 10.2 Å². The summed E-state index contributed by atoms with van der Waals surface area (Å²) in [5, 5.41) is 2.99. The van der Waals surface area contributed by atoms with Crippen molar-refractivity contribution in [3.63, 3.8) is 0 Å². The summed E-state index contributed by atoms with van der Waals surface area (Å²) in [4.78, 5) is 18.0. The first-order valence-corrected chi connectivity index (χ1v) is 5.24. The molecule has 4 nitrogen and oxygen atoms in total. The van der Waals surface area contributed by atoms with Gasteiger partial charge in [-0.2, -0.15) is 0 Å². The van der Waals surface area contributed by atoms with Gasteiger partial charge in [0.1, 0.15) is 0 Å². The van der Waals surface area contributed by atoms with Crippen molar-refractivity contribution in [3.8, 4) is 0 Å². The maximum atomic E-state index is 12.1. The molecule has 1 amide bonds. The van der Waals surface area contributed by atoms with E-state index in [-0.39, 0.29) is 5.91 Å². The lowest BCUT2D eigenvalue weighted by Crippen LogP contribution is -2.28. The van der Waals surface area contributed by atoms with Gasteiger partial charge in [-0.1, -0.05) is 0 Å². The number of nitrogens with zero attached hydrogens (tertiary/aromatic N) is 2. The van der Waals surface area contributed by atoms with E-state index < -0.39 is 0 Å². The molecule has 1 saturated heterocycles. The molecule has 15 heavy (non-hydrogen) atoms. The fourth-order valence-corrected chi connectivity index (χ4v) is 1.87. The van der Waals surface area contributed by atoms with Crippen LogP contribution in [0.25, 0.3) is 0 Å². The van der Waals surface area contributed by atoms with Gasteiger partial charge in [-0.25, -0.2) is 0 Å². The second kappa shape index (κ2) is 4.29. The molecular formula is C11H15N3O. The maximum absolute atomic E-state index is 12.1. The monoisotopic (exact) mass is 205 g/mol. The first kappa shape index (κ1) is 9.96. The molecule has 2 heterocycles. The third kappa shape index (κ3) is 1.93. The van der Waals surface area contributed by atoms with E-state index in [1.165, 1.54) is 0 Å². The molecule has 1 N–H and O–H groups in total. The third-order valence-electron chi connectivity index (χ3n) is 2.71. The fraction of sp³-hybridized carbons (Fsp3) is 0.455. The number of aromatic nitrogens is 1. The van der Waals surface area contributed by atoms with Crippen LogP contribution in [-0.4, -0.2) is 35.9 Å². The van der Waals surface area contributed by atoms with Gasteiger partial charge in [-0.3, -0.25) is 9.78 Å². The van der Waals surface area contributed by atoms with Crippen molar-refractivity contribution in [3.05, 3.63) is 24.0 Å². The highest BCUT2D eigenvalue weighted by Gasteiger charge is 2.21. The van der Waals surface area contributed by atoms with Gasteiger partial charge in [0.05, 0.1) is 17.4 Å². The molecule has 1 aliphatic rings. The molecule has 0 radical (unpaired) electrons. The summed E-state index contributed by atoms with van der Waals surface area (Å²) < 4.78 is 0. The van der Waals surface area contributed by atoms with Gasteiger partial charge in [-0.05, 0) is 18.9 Å². The Balaban J connectivity index is 2.24. The van der Waals surface area contributed by atoms with E-state index in [0.717, 1.165) is 37.2 Å². The number of likely N-dealkylation sites (tertiary alicyclic amines) is 1. The van der Waals surface area contributed by atoms with Crippen LogP contribution in [0.3, 0.4) is 0 Å². The molecule has 0 aromatic carbocycles. The maximum Gasteiger partial charge on any atom is 0.256 e. The summed E-state index contributed by atoms with van der Waals surface area (Å²) in [6.45, 7) is 1.76. The lowest BCUT2D eigenvalue weighted by molar-refractivity contribution is 0.0793. The molecule has 0 spiro atoms. The zero-order valence-corrected chi connectivity index (χ0v) is 8.86. The highest BCUT2D eigenvalue weighted by molar-refractivity contribution is 5.99. The number of hydrogen-bond acceptors (Lipinski definition) is 3. The Morgan fingerprint density at radius 3 is 2.87 bits per heavy atom. The van der Waals surface area contributed by atoms with E-state index in [1.54, 1.807) is 25.5 Å². The number of nitrogens with one attached hydrogen (secondary N) is 1. The van der Waals surface area contributed by atoms with E-state index in [4.69, 9.17) is 0 Å². The minimum Gasteiger partial charge on any atom is -0.386 e. The molecule has 80 valence electrons. The molecule has 0 atom stereocenters. The summed E-state index contributed by atoms with van der Waals surface area (Å²) in [7, 11) is 1.80. The molecule has 0 bridgehead atoms. The Kier molecular flexibility index (Phi) is 2.85. The number of hydrogen-bond donors (Lipinski definition) is 1. The molecule has 0 unspecified atom stereocenters. The van der Waals surface area contributed by atoms with Crippen molar-refractivity contribution >= 4 is 11.6 Å². The highest BCUT2D eigenvalue weighted by atomic mass is 16.2. The van der Waals surface area contributed by atoms with E-state index in [1.807, 2.05) is 4.90 Å². The van der Waals surface area contributed by atoms with Gasteiger partial charge >= 0.3 is 0 Å². The Morgan fingerprint density at radius 1 is 1.47 bits per heavy atom. The summed E-state index contributed by atoms with van der Waals surface area (Å²) in [5.41, 5.74) is 1.52. The first-order valence-electron chi connectivity index (χ1n) is 5.24. The van der Waals surface area contributed by atoms with Crippen molar-refractivity contribution in [1.29, 1.82) is 0 Å². The summed E-state index contributed by atoms with van der Waals surface area (Å²) in [6.07, 6.45) is 5.57. The highest BCUT2D eigenvalue weighted by Crippen LogP contribution is 2.18. The van der Waals surface area contributed by atoms with Crippen LogP contribution in [-0.2, 0) is 0 Å². The number of amides is 1. The fourth-order valence-electron chi connectivity index (χ4n) is 1.87. The summed E-state index contributed by atoms with van der Waals surface area (Å²) in [6, 6.07) is 1.77. The zero-order chi connectivity index (χ0) is 10.7. The first-order chi connectivity index (χ1) is 7.33. The average Bonchev–Trinajstić information content (AvgIpc) is 2.81. The molecule has 0 aliphatic carbocycles. The molecule has 2 rings (SSSR count). The Bertz CT molecular complexity index is 359. The minimum absolute atomic E-state index is 0.110. The zero-order valence-electron chi connectivity index (χ0n) is 8.86. The molecule has 1 fully saturated rings. The van der Waals surface area contributed by atoms with Crippen molar-refractivity contribution in [2.45, 2.75) is 12.8 Å². The molecular weight excluding hydrogens is 190 g/mol. The van der Waals surface area contributed by atoms with Crippen molar-refractivity contribution in [2.75, 3.05) is 25.5 Å². The summed E-state index contributed by atoms with van der Waals surface area (Å²) in [5.74, 6) is 0.110. The molecule has 1 aromatic rings. The molecule has 0 saturated carbocycles. The van der Waals surface area contributed by atoms with E-state index >= 15 is 0 Å². The smallest absolute Gasteiger partial charge is 0.256 e. The van der Waals surface area contributed by atoms with Crippen LogP contribution >= 0.6 is 0 Å². The third-order valence-corrected chi connectivity index (χ3v) is 2.71. The number of pyridine rings is 1. The molecule has 1 aromatic heterocycles. The predicted octanol–water partition coefficient (Wildman–Crippen LogP) is 1.36. The van der Waals surface area contributed by atoms with Gasteiger partial charge in [-0.15, -0.1) is 0 Å². The Labute approximate surface area is 89.3 Å². The van der Waals surface area contributed by atoms with Gasteiger partial charge in [0.15, 0.2) is 0 Å². The number of carbonyl (C=O) groups is 1. The van der Waals surface area contributed by atoms with Crippen LogP contribution in [0.5, 0.6) is 0 Å².